The van der Waals surface area contributed by atoms with Gasteiger partial charge in [-0.1, -0.05) is 6.07 Å². The Hall–Kier alpha value is -0.890. The molecule has 1 heterocycles. The zero-order valence-corrected chi connectivity index (χ0v) is 6.83. The Morgan fingerprint density at radius 3 is 3.09 bits per heavy atom. The van der Waals surface area contributed by atoms with Gasteiger partial charge in [0.05, 0.1) is 0 Å². The summed E-state index contributed by atoms with van der Waals surface area (Å²) < 4.78 is 13.6. The predicted octanol–water partition coefficient (Wildman–Crippen LogP) is 3.15. The van der Waals surface area contributed by atoms with Gasteiger partial charge in [-0.3, -0.25) is 0 Å². The second kappa shape index (κ2) is 2.31. The van der Waals surface area contributed by atoms with Gasteiger partial charge in [-0.2, -0.15) is 0 Å². The lowest BCUT2D eigenvalue weighted by Gasteiger charge is -1.89. The van der Waals surface area contributed by atoms with E-state index < -0.39 is 0 Å². The van der Waals surface area contributed by atoms with Crippen molar-refractivity contribution in [3.8, 4) is 0 Å². The van der Waals surface area contributed by atoms with Crippen LogP contribution in [0.15, 0.2) is 18.2 Å². The Morgan fingerprint density at radius 1 is 1.45 bits per heavy atom. The van der Waals surface area contributed by atoms with Crippen LogP contribution >= 0.6 is 11.3 Å². The number of hydrogen-bond acceptors (Lipinski definition) is 1. The third-order valence-corrected chi connectivity index (χ3v) is 2.63. The highest BCUT2D eigenvalue weighted by molar-refractivity contribution is 7.16. The summed E-state index contributed by atoms with van der Waals surface area (Å²) in [6, 6.07) is 4.83. The van der Waals surface area contributed by atoms with Crippen molar-refractivity contribution in [2.45, 2.75) is 6.92 Å². The van der Waals surface area contributed by atoms with Crippen molar-refractivity contribution >= 4 is 21.4 Å². The van der Waals surface area contributed by atoms with E-state index >= 15 is 0 Å². The quantitative estimate of drug-likeness (QED) is 0.562. The average molecular weight is 165 g/mol. The smallest absolute Gasteiger partial charge is 0.124 e. The lowest BCUT2D eigenvalue weighted by atomic mass is 10.2. The number of benzene rings is 1. The molecule has 0 aliphatic heterocycles. The van der Waals surface area contributed by atoms with E-state index in [2.05, 4.69) is 5.38 Å². The summed E-state index contributed by atoms with van der Waals surface area (Å²) >= 11 is 1.46. The van der Waals surface area contributed by atoms with Gasteiger partial charge in [0.2, 0.25) is 0 Å². The van der Waals surface area contributed by atoms with Crippen molar-refractivity contribution < 1.29 is 4.39 Å². The van der Waals surface area contributed by atoms with Gasteiger partial charge >= 0.3 is 0 Å². The zero-order chi connectivity index (χ0) is 7.84. The molecule has 0 N–H and O–H groups in total. The fraction of sp³-hybridized carbons (Fsp3) is 0.111. The molecule has 0 unspecified atom stereocenters. The van der Waals surface area contributed by atoms with Crippen molar-refractivity contribution in [1.82, 2.24) is 0 Å². The van der Waals surface area contributed by atoms with Crippen LogP contribution in [0.4, 0.5) is 4.39 Å². The average Bonchev–Trinajstić information content (AvgIpc) is 2.32. The maximum atomic E-state index is 12.6. The first-order valence-electron chi connectivity index (χ1n) is 3.34. The van der Waals surface area contributed by atoms with E-state index in [1.165, 1.54) is 17.4 Å². The fourth-order valence-corrected chi connectivity index (χ4v) is 1.95. The number of rotatable bonds is 0. The topological polar surface area (TPSA) is 0 Å². The third-order valence-electron chi connectivity index (χ3n) is 1.66. The molecule has 0 saturated carbocycles. The van der Waals surface area contributed by atoms with Crippen LogP contribution in [0.3, 0.4) is 0 Å². The Morgan fingerprint density at radius 2 is 2.27 bits per heavy atom. The molecule has 1 aromatic heterocycles. The van der Waals surface area contributed by atoms with Crippen molar-refractivity contribution in [3.05, 3.63) is 35.0 Å². The molecule has 0 nitrogen and oxygen atoms in total. The van der Waals surface area contributed by atoms with E-state index in [1.54, 1.807) is 12.1 Å². The molecule has 55 valence electrons. The molecule has 2 heteroatoms. The summed E-state index contributed by atoms with van der Waals surface area (Å²) in [4.78, 5) is 0. The van der Waals surface area contributed by atoms with Crippen LogP contribution in [0.1, 0.15) is 5.56 Å². The van der Waals surface area contributed by atoms with Crippen LogP contribution in [0.25, 0.3) is 10.1 Å². The standard InChI is InChI=1S/C9H6FS/c1-6-5-11-9-4-7(10)2-3-8(6)9/h2-4H,1H3. The van der Waals surface area contributed by atoms with E-state index in [0.29, 0.717) is 0 Å². The van der Waals surface area contributed by atoms with Gasteiger partial charge < -0.3 is 0 Å². The molecule has 0 aliphatic rings. The monoisotopic (exact) mass is 165 g/mol. The molecule has 0 saturated heterocycles. The van der Waals surface area contributed by atoms with E-state index in [9.17, 15) is 4.39 Å². The van der Waals surface area contributed by atoms with E-state index in [4.69, 9.17) is 0 Å². The zero-order valence-electron chi connectivity index (χ0n) is 6.02. The van der Waals surface area contributed by atoms with Crippen LogP contribution in [0.5, 0.6) is 0 Å². The second-order valence-corrected chi connectivity index (χ2v) is 3.32. The first-order valence-corrected chi connectivity index (χ1v) is 4.15. The highest BCUT2D eigenvalue weighted by Gasteiger charge is 2.00. The number of hydrogen-bond donors (Lipinski definition) is 0. The summed E-state index contributed by atoms with van der Waals surface area (Å²) in [6.45, 7) is 1.98. The van der Waals surface area contributed by atoms with Gasteiger partial charge in [0, 0.05) is 10.1 Å². The first kappa shape index (κ1) is 6.80. The Balaban J connectivity index is 2.86. The molecule has 2 rings (SSSR count). The van der Waals surface area contributed by atoms with Crippen LogP contribution in [0.2, 0.25) is 0 Å². The minimum absolute atomic E-state index is 0.173. The summed E-state index contributed by atoms with van der Waals surface area (Å²) in [7, 11) is 0. The van der Waals surface area contributed by atoms with E-state index in [0.717, 1.165) is 15.6 Å². The minimum Gasteiger partial charge on any atom is -0.207 e. The normalized spacial score (nSPS) is 10.7. The van der Waals surface area contributed by atoms with Crippen molar-refractivity contribution in [2.75, 3.05) is 0 Å². The summed E-state index contributed by atoms with van der Waals surface area (Å²) in [5.74, 6) is -0.173. The van der Waals surface area contributed by atoms with Crippen LogP contribution in [0, 0.1) is 18.1 Å². The minimum atomic E-state index is -0.173. The van der Waals surface area contributed by atoms with Crippen molar-refractivity contribution in [3.63, 3.8) is 0 Å². The van der Waals surface area contributed by atoms with Gasteiger partial charge in [0.25, 0.3) is 0 Å². The predicted molar refractivity (Wildman–Crippen MR) is 45.4 cm³/mol. The SMILES string of the molecule is Cc1[c]sc2cc(F)ccc12. The van der Waals surface area contributed by atoms with E-state index in [1.807, 2.05) is 6.92 Å². The second-order valence-electron chi connectivity index (χ2n) is 2.47. The number of halogens is 1. The maximum absolute atomic E-state index is 12.6. The Labute approximate surface area is 68.3 Å². The molecular formula is C9H6FS. The lowest BCUT2D eigenvalue weighted by Crippen LogP contribution is -1.71. The molecule has 0 aliphatic carbocycles. The fourth-order valence-electron chi connectivity index (χ4n) is 1.08. The first-order chi connectivity index (χ1) is 5.27. The van der Waals surface area contributed by atoms with Gasteiger partial charge in [-0.15, -0.1) is 11.3 Å². The van der Waals surface area contributed by atoms with Gasteiger partial charge in [0.15, 0.2) is 0 Å². The number of fused-ring (bicyclic) bond motifs is 1. The van der Waals surface area contributed by atoms with Gasteiger partial charge in [-0.05, 0) is 30.0 Å². The van der Waals surface area contributed by atoms with Crippen LogP contribution in [-0.2, 0) is 0 Å². The summed E-state index contributed by atoms with van der Waals surface area (Å²) in [6.07, 6.45) is 0. The molecule has 0 bridgehead atoms. The third kappa shape index (κ3) is 1.03. The highest BCUT2D eigenvalue weighted by Crippen LogP contribution is 2.24. The van der Waals surface area contributed by atoms with Crippen molar-refractivity contribution in [2.24, 2.45) is 0 Å². The van der Waals surface area contributed by atoms with Crippen molar-refractivity contribution in [1.29, 1.82) is 0 Å². The van der Waals surface area contributed by atoms with Crippen LogP contribution < -0.4 is 0 Å². The van der Waals surface area contributed by atoms with Gasteiger partial charge in [-0.25, -0.2) is 4.39 Å². The summed E-state index contributed by atoms with van der Waals surface area (Å²) in [5.41, 5.74) is 1.10. The molecule has 2 aromatic rings. The molecular weight excluding hydrogens is 159 g/mol. The largest absolute Gasteiger partial charge is 0.207 e. The number of aryl methyl sites for hydroxylation is 1. The van der Waals surface area contributed by atoms with E-state index in [-0.39, 0.29) is 5.82 Å². The molecule has 1 radical (unpaired) electrons. The summed E-state index contributed by atoms with van der Waals surface area (Å²) in [5, 5.41) is 4.19. The van der Waals surface area contributed by atoms with Crippen LogP contribution in [-0.4, -0.2) is 0 Å². The molecule has 0 atom stereocenters. The maximum Gasteiger partial charge on any atom is 0.124 e. The highest BCUT2D eigenvalue weighted by atomic mass is 32.1. The molecule has 0 amide bonds. The molecule has 0 spiro atoms. The molecule has 0 fully saturated rings. The molecule has 1 aromatic carbocycles. The molecule has 11 heavy (non-hydrogen) atoms. The lowest BCUT2D eigenvalue weighted by molar-refractivity contribution is 0.630. The number of thiophene rings is 1. The Bertz CT molecular complexity index is 389. The van der Waals surface area contributed by atoms with Gasteiger partial charge in [0.1, 0.15) is 5.82 Å². The Kier molecular flexibility index (Phi) is 1.43.